The van der Waals surface area contributed by atoms with Gasteiger partial charge in [-0.1, -0.05) is 19.9 Å². The van der Waals surface area contributed by atoms with Crippen LogP contribution in [0.15, 0.2) is 30.5 Å². The fraction of sp³-hybridized carbons (Fsp3) is 0.381. The van der Waals surface area contributed by atoms with E-state index in [2.05, 4.69) is 15.3 Å². The molecule has 0 saturated carbocycles. The summed E-state index contributed by atoms with van der Waals surface area (Å²) in [4.78, 5) is 51.9. The molecular weight excluding hydrogens is 457 g/mol. The van der Waals surface area contributed by atoms with E-state index >= 15 is 0 Å². The SMILES string of the molecule is CC(C)CN(OC(=O)c1cnc(N2CC(C)NC2=O)nc1N)C(=O)c1cccc(C(F)(F)F)c1. The highest BCUT2D eigenvalue weighted by atomic mass is 19.4. The molecule has 1 aromatic heterocycles. The van der Waals surface area contributed by atoms with E-state index in [1.807, 2.05) is 0 Å². The monoisotopic (exact) mass is 480 g/mol. The molecule has 1 aliphatic rings. The maximum atomic E-state index is 13.0. The summed E-state index contributed by atoms with van der Waals surface area (Å²) in [7, 11) is 0. The number of hydroxylamine groups is 2. The molecule has 0 spiro atoms. The summed E-state index contributed by atoms with van der Waals surface area (Å²) >= 11 is 0. The summed E-state index contributed by atoms with van der Waals surface area (Å²) < 4.78 is 39.1. The maximum absolute atomic E-state index is 13.0. The number of carbonyl (C=O) groups excluding carboxylic acids is 3. The number of urea groups is 1. The first-order chi connectivity index (χ1) is 15.9. The highest BCUT2D eigenvalue weighted by Crippen LogP contribution is 2.30. The van der Waals surface area contributed by atoms with Gasteiger partial charge in [-0.2, -0.15) is 23.2 Å². The minimum Gasteiger partial charge on any atom is -0.383 e. The number of nitrogens with two attached hydrogens (primary N) is 1. The van der Waals surface area contributed by atoms with Crippen LogP contribution < -0.4 is 16.0 Å². The first-order valence-corrected chi connectivity index (χ1v) is 10.3. The van der Waals surface area contributed by atoms with Gasteiger partial charge < -0.3 is 15.9 Å². The first kappa shape index (κ1) is 24.7. The zero-order valence-electron chi connectivity index (χ0n) is 18.6. The molecule has 13 heteroatoms. The second-order valence-corrected chi connectivity index (χ2v) is 8.15. The molecule has 3 rings (SSSR count). The molecule has 1 aromatic carbocycles. The molecule has 0 radical (unpaired) electrons. The van der Waals surface area contributed by atoms with Gasteiger partial charge in [-0.05, 0) is 31.0 Å². The molecule has 1 atom stereocenters. The largest absolute Gasteiger partial charge is 0.416 e. The van der Waals surface area contributed by atoms with Gasteiger partial charge in [0, 0.05) is 17.8 Å². The molecule has 0 bridgehead atoms. The van der Waals surface area contributed by atoms with E-state index in [9.17, 15) is 27.6 Å². The summed E-state index contributed by atoms with van der Waals surface area (Å²) in [5, 5.41) is 3.34. The van der Waals surface area contributed by atoms with Crippen LogP contribution in [0.5, 0.6) is 0 Å². The van der Waals surface area contributed by atoms with E-state index in [1.165, 1.54) is 11.0 Å². The van der Waals surface area contributed by atoms with Crippen LogP contribution in [0.25, 0.3) is 0 Å². The van der Waals surface area contributed by atoms with Crippen molar-refractivity contribution < 1.29 is 32.4 Å². The molecule has 1 fully saturated rings. The number of amides is 3. The number of benzene rings is 1. The Morgan fingerprint density at radius 2 is 2.06 bits per heavy atom. The van der Waals surface area contributed by atoms with Crippen molar-refractivity contribution >= 4 is 29.7 Å². The Morgan fingerprint density at radius 3 is 2.62 bits per heavy atom. The van der Waals surface area contributed by atoms with Crippen LogP contribution in [0.2, 0.25) is 0 Å². The first-order valence-electron chi connectivity index (χ1n) is 10.3. The number of hydrogen-bond donors (Lipinski definition) is 2. The zero-order valence-corrected chi connectivity index (χ0v) is 18.6. The average Bonchev–Trinajstić information content (AvgIpc) is 3.09. The van der Waals surface area contributed by atoms with Crippen LogP contribution in [0.4, 0.5) is 29.7 Å². The molecule has 3 amide bonds. The Bertz CT molecular complexity index is 1110. The molecule has 2 heterocycles. The second-order valence-electron chi connectivity index (χ2n) is 8.15. The van der Waals surface area contributed by atoms with Crippen LogP contribution in [-0.2, 0) is 11.0 Å². The predicted molar refractivity (Wildman–Crippen MR) is 115 cm³/mol. The van der Waals surface area contributed by atoms with E-state index in [1.54, 1.807) is 20.8 Å². The van der Waals surface area contributed by atoms with Gasteiger partial charge in [0.15, 0.2) is 0 Å². The van der Waals surface area contributed by atoms with Crippen molar-refractivity contribution in [3.05, 3.63) is 47.2 Å². The highest BCUT2D eigenvalue weighted by molar-refractivity contribution is 5.98. The molecule has 0 aliphatic carbocycles. The molecule has 182 valence electrons. The summed E-state index contributed by atoms with van der Waals surface area (Å²) in [6, 6.07) is 3.23. The van der Waals surface area contributed by atoms with E-state index in [0.717, 1.165) is 18.3 Å². The third-order valence-electron chi connectivity index (χ3n) is 4.73. The topological polar surface area (TPSA) is 131 Å². The lowest BCUT2D eigenvalue weighted by molar-refractivity contribution is -0.137. The summed E-state index contributed by atoms with van der Waals surface area (Å²) in [5.41, 5.74) is 4.27. The number of nitrogens with one attached hydrogen (secondary N) is 1. The van der Waals surface area contributed by atoms with E-state index < -0.39 is 29.6 Å². The number of anilines is 2. The number of hydrogen-bond acceptors (Lipinski definition) is 7. The number of alkyl halides is 3. The third-order valence-corrected chi connectivity index (χ3v) is 4.73. The predicted octanol–water partition coefficient (Wildman–Crippen LogP) is 2.87. The maximum Gasteiger partial charge on any atom is 0.416 e. The minimum absolute atomic E-state index is 0.0185. The fourth-order valence-corrected chi connectivity index (χ4v) is 3.15. The lowest BCUT2D eigenvalue weighted by atomic mass is 10.1. The lowest BCUT2D eigenvalue weighted by Gasteiger charge is -2.23. The Kier molecular flexibility index (Phi) is 6.93. The third kappa shape index (κ3) is 5.53. The summed E-state index contributed by atoms with van der Waals surface area (Å²) in [6.45, 7) is 5.46. The molecular formula is C21H23F3N6O4. The van der Waals surface area contributed by atoms with Gasteiger partial charge in [0.05, 0.1) is 18.7 Å². The molecule has 2 aromatic rings. The van der Waals surface area contributed by atoms with Crippen molar-refractivity contribution in [2.24, 2.45) is 5.92 Å². The number of nitrogens with zero attached hydrogens (tertiary/aromatic N) is 4. The van der Waals surface area contributed by atoms with E-state index in [0.29, 0.717) is 17.7 Å². The van der Waals surface area contributed by atoms with Crippen molar-refractivity contribution in [2.75, 3.05) is 23.7 Å². The summed E-state index contributed by atoms with van der Waals surface area (Å²) in [5.74, 6) is -2.52. The number of nitrogen functional groups attached to an aromatic ring is 1. The molecule has 1 unspecified atom stereocenters. The average molecular weight is 480 g/mol. The van der Waals surface area contributed by atoms with Crippen LogP contribution in [-0.4, -0.2) is 52.1 Å². The molecule has 34 heavy (non-hydrogen) atoms. The Morgan fingerprint density at radius 1 is 1.35 bits per heavy atom. The normalized spacial score (nSPS) is 15.9. The van der Waals surface area contributed by atoms with Crippen LogP contribution in [0, 0.1) is 5.92 Å². The summed E-state index contributed by atoms with van der Waals surface area (Å²) in [6.07, 6.45) is -3.59. The number of carbonyl (C=O) groups is 3. The van der Waals surface area contributed by atoms with Gasteiger partial charge in [-0.15, -0.1) is 0 Å². The van der Waals surface area contributed by atoms with Crippen molar-refractivity contribution in [3.8, 4) is 0 Å². The smallest absolute Gasteiger partial charge is 0.383 e. The molecule has 10 nitrogen and oxygen atoms in total. The Labute approximate surface area is 192 Å². The van der Waals surface area contributed by atoms with Crippen molar-refractivity contribution in [3.63, 3.8) is 0 Å². The van der Waals surface area contributed by atoms with Crippen molar-refractivity contribution in [1.29, 1.82) is 0 Å². The van der Waals surface area contributed by atoms with Gasteiger partial charge in [0.25, 0.3) is 5.91 Å². The zero-order chi connectivity index (χ0) is 25.2. The van der Waals surface area contributed by atoms with E-state index in [4.69, 9.17) is 10.6 Å². The van der Waals surface area contributed by atoms with E-state index in [-0.39, 0.29) is 41.4 Å². The van der Waals surface area contributed by atoms with Gasteiger partial charge in [0.2, 0.25) is 5.95 Å². The van der Waals surface area contributed by atoms with Gasteiger partial charge in [-0.3, -0.25) is 9.69 Å². The number of halogens is 3. The number of aromatic nitrogens is 2. The van der Waals surface area contributed by atoms with Crippen LogP contribution in [0.1, 0.15) is 47.1 Å². The highest BCUT2D eigenvalue weighted by Gasteiger charge is 2.33. The van der Waals surface area contributed by atoms with Gasteiger partial charge in [0.1, 0.15) is 11.4 Å². The minimum atomic E-state index is -4.65. The lowest BCUT2D eigenvalue weighted by Crippen LogP contribution is -2.37. The second kappa shape index (κ2) is 9.53. The van der Waals surface area contributed by atoms with Crippen LogP contribution in [0.3, 0.4) is 0 Å². The number of rotatable bonds is 5. The molecule has 3 N–H and O–H groups in total. The Balaban J connectivity index is 1.82. The van der Waals surface area contributed by atoms with Gasteiger partial charge >= 0.3 is 18.2 Å². The standard InChI is InChI=1S/C21H23F3N6O4/c1-11(2)9-30(17(31)13-5-4-6-14(7-13)21(22,23)24)34-18(32)15-8-26-19(28-16(15)25)29-10-12(3)27-20(29)33/h4-8,11-12H,9-10H2,1-3H3,(H,27,33)(H2,25,26,28). The van der Waals surface area contributed by atoms with Crippen LogP contribution >= 0.6 is 0 Å². The Hall–Kier alpha value is -3.90. The van der Waals surface area contributed by atoms with Gasteiger partial charge in [-0.25, -0.2) is 14.6 Å². The quantitative estimate of drug-likeness (QED) is 0.629. The van der Waals surface area contributed by atoms with Crippen molar-refractivity contribution in [1.82, 2.24) is 20.3 Å². The fourth-order valence-electron chi connectivity index (χ4n) is 3.15. The molecule has 1 aliphatic heterocycles. The van der Waals surface area contributed by atoms with Crippen molar-refractivity contribution in [2.45, 2.75) is 33.0 Å². The molecule has 1 saturated heterocycles.